The number of halogens is 1. The predicted octanol–water partition coefficient (Wildman–Crippen LogP) is 2.66. The molecule has 0 N–H and O–H groups in total. The summed E-state index contributed by atoms with van der Waals surface area (Å²) in [6.07, 6.45) is 0.854. The lowest BCUT2D eigenvalue weighted by Crippen LogP contribution is -2.45. The van der Waals surface area contributed by atoms with Gasteiger partial charge in [0, 0.05) is 6.20 Å². The Labute approximate surface area is 123 Å². The first-order chi connectivity index (χ1) is 9.28. The Morgan fingerprint density at radius 2 is 2.25 bits per heavy atom. The molecule has 1 saturated heterocycles. The van der Waals surface area contributed by atoms with Crippen molar-refractivity contribution in [2.75, 3.05) is 11.5 Å². The molecular weight excluding hydrogens is 282 g/mol. The lowest BCUT2D eigenvalue weighted by Gasteiger charge is -2.31. The molecule has 1 fully saturated rings. The molecule has 2 atom stereocenters. The highest BCUT2D eigenvalue weighted by Crippen LogP contribution is 2.26. The fraction of sp³-hybridized carbons (Fsp3) is 0.615. The Bertz CT molecular complexity index is 504. The zero-order chi connectivity index (χ0) is 14.9. The van der Waals surface area contributed by atoms with Crippen LogP contribution in [0.2, 0.25) is 5.28 Å². The minimum atomic E-state index is -0.450. The van der Waals surface area contributed by atoms with E-state index in [0.717, 1.165) is 0 Å². The van der Waals surface area contributed by atoms with Crippen LogP contribution in [-0.4, -0.2) is 40.4 Å². The molecular formula is C13H18ClN3O3. The molecule has 1 amide bonds. The van der Waals surface area contributed by atoms with Gasteiger partial charge < -0.3 is 9.47 Å². The molecule has 0 spiro atoms. The lowest BCUT2D eigenvalue weighted by molar-refractivity contribution is -0.0618. The van der Waals surface area contributed by atoms with Crippen LogP contribution in [-0.2, 0) is 9.47 Å². The normalized spacial score (nSPS) is 20.9. The van der Waals surface area contributed by atoms with E-state index in [0.29, 0.717) is 5.82 Å². The number of nitrogens with zero attached hydrogens (tertiary/aromatic N) is 3. The molecule has 1 aromatic heterocycles. The van der Waals surface area contributed by atoms with Gasteiger partial charge in [-0.1, -0.05) is 0 Å². The van der Waals surface area contributed by atoms with Gasteiger partial charge in [-0.3, -0.25) is 4.90 Å². The fourth-order valence-corrected chi connectivity index (χ4v) is 2.28. The number of carbonyl (C=O) groups excluding carboxylic acids is 1. The summed E-state index contributed by atoms with van der Waals surface area (Å²) in [5.74, 6) is 0.418. The van der Waals surface area contributed by atoms with Gasteiger partial charge in [-0.25, -0.2) is 14.8 Å². The Balaban J connectivity index is 2.23. The van der Waals surface area contributed by atoms with Gasteiger partial charge in [0.05, 0.1) is 11.7 Å². The predicted molar refractivity (Wildman–Crippen MR) is 75.0 cm³/mol. The maximum Gasteiger partial charge on any atom is 0.416 e. The van der Waals surface area contributed by atoms with Gasteiger partial charge in [-0.2, -0.15) is 0 Å². The molecule has 20 heavy (non-hydrogen) atoms. The van der Waals surface area contributed by atoms with E-state index >= 15 is 0 Å². The summed E-state index contributed by atoms with van der Waals surface area (Å²) in [6.45, 7) is 8.07. The molecule has 1 aliphatic rings. The Morgan fingerprint density at radius 1 is 1.55 bits per heavy atom. The number of anilines is 1. The average molecular weight is 300 g/mol. The van der Waals surface area contributed by atoms with Crippen LogP contribution in [0.3, 0.4) is 0 Å². The summed E-state index contributed by atoms with van der Waals surface area (Å²) in [5, 5.41) is 0.0883. The standard InChI is InChI=1S/C13H18ClN3O3/c1-8(20-13(2,3)4)9-7-19-12(18)17(9)10-5-6-15-11(14)16-10/h5-6,8-9H,7H2,1-4H3/t8?,9-/m1/s1. The molecule has 0 aliphatic carbocycles. The van der Waals surface area contributed by atoms with Crippen LogP contribution in [0.1, 0.15) is 27.7 Å². The van der Waals surface area contributed by atoms with Crippen molar-refractivity contribution in [3.05, 3.63) is 17.5 Å². The van der Waals surface area contributed by atoms with Crippen molar-refractivity contribution in [1.29, 1.82) is 0 Å². The van der Waals surface area contributed by atoms with Gasteiger partial charge >= 0.3 is 6.09 Å². The first-order valence-electron chi connectivity index (χ1n) is 6.40. The van der Waals surface area contributed by atoms with Crippen molar-refractivity contribution >= 4 is 23.5 Å². The zero-order valence-electron chi connectivity index (χ0n) is 12.0. The van der Waals surface area contributed by atoms with Gasteiger partial charge in [-0.15, -0.1) is 0 Å². The number of ether oxygens (including phenoxy) is 2. The first kappa shape index (κ1) is 15.0. The summed E-state index contributed by atoms with van der Waals surface area (Å²) in [4.78, 5) is 21.2. The van der Waals surface area contributed by atoms with Crippen molar-refractivity contribution in [2.24, 2.45) is 0 Å². The molecule has 6 nitrogen and oxygen atoms in total. The van der Waals surface area contributed by atoms with E-state index in [1.807, 2.05) is 27.7 Å². The van der Waals surface area contributed by atoms with Gasteiger partial charge in [0.25, 0.3) is 0 Å². The third-order valence-electron chi connectivity index (χ3n) is 2.85. The SMILES string of the molecule is CC(OC(C)(C)C)[C@H]1COC(=O)N1c1ccnc(Cl)n1. The van der Waals surface area contributed by atoms with Gasteiger partial charge in [0.15, 0.2) is 0 Å². The number of hydrogen-bond acceptors (Lipinski definition) is 5. The second kappa shape index (κ2) is 5.54. The number of aromatic nitrogens is 2. The molecule has 0 bridgehead atoms. The summed E-state index contributed by atoms with van der Waals surface area (Å²) in [6, 6.07) is 1.38. The van der Waals surface area contributed by atoms with Gasteiger partial charge in [-0.05, 0) is 45.4 Å². The van der Waals surface area contributed by atoms with Crippen LogP contribution in [0.5, 0.6) is 0 Å². The van der Waals surface area contributed by atoms with Crippen LogP contribution >= 0.6 is 11.6 Å². The lowest BCUT2D eigenvalue weighted by atomic mass is 10.1. The van der Waals surface area contributed by atoms with Crippen LogP contribution in [0, 0.1) is 0 Å². The summed E-state index contributed by atoms with van der Waals surface area (Å²) >= 11 is 5.77. The quantitative estimate of drug-likeness (QED) is 0.803. The maximum atomic E-state index is 11.9. The van der Waals surface area contributed by atoms with Crippen molar-refractivity contribution in [3.63, 3.8) is 0 Å². The molecule has 110 valence electrons. The van der Waals surface area contributed by atoms with Crippen molar-refractivity contribution < 1.29 is 14.3 Å². The van der Waals surface area contributed by atoms with Crippen LogP contribution in [0.4, 0.5) is 10.6 Å². The molecule has 0 aromatic carbocycles. The van der Waals surface area contributed by atoms with E-state index in [-0.39, 0.29) is 29.6 Å². The summed E-state index contributed by atoms with van der Waals surface area (Å²) in [7, 11) is 0. The minimum Gasteiger partial charge on any atom is -0.447 e. The maximum absolute atomic E-state index is 11.9. The second-order valence-corrected chi connectivity index (χ2v) is 5.97. The summed E-state index contributed by atoms with van der Waals surface area (Å²) < 4.78 is 11.0. The number of carbonyl (C=O) groups is 1. The van der Waals surface area contributed by atoms with E-state index in [2.05, 4.69) is 9.97 Å². The third kappa shape index (κ3) is 3.37. The van der Waals surface area contributed by atoms with E-state index < -0.39 is 6.09 Å². The monoisotopic (exact) mass is 299 g/mol. The second-order valence-electron chi connectivity index (χ2n) is 5.63. The molecule has 1 aromatic rings. The number of amides is 1. The van der Waals surface area contributed by atoms with Crippen LogP contribution < -0.4 is 4.90 Å². The average Bonchev–Trinajstić information content (AvgIpc) is 2.69. The number of hydrogen-bond donors (Lipinski definition) is 0. The van der Waals surface area contributed by atoms with E-state index in [4.69, 9.17) is 21.1 Å². The zero-order valence-corrected chi connectivity index (χ0v) is 12.7. The molecule has 2 heterocycles. The van der Waals surface area contributed by atoms with E-state index in [1.54, 1.807) is 6.07 Å². The van der Waals surface area contributed by atoms with E-state index in [1.165, 1.54) is 11.1 Å². The molecule has 1 aliphatic heterocycles. The Hall–Kier alpha value is -1.40. The largest absolute Gasteiger partial charge is 0.447 e. The highest BCUT2D eigenvalue weighted by molar-refractivity contribution is 6.28. The molecule has 2 rings (SSSR count). The van der Waals surface area contributed by atoms with Crippen molar-refractivity contribution in [2.45, 2.75) is 45.4 Å². The van der Waals surface area contributed by atoms with Gasteiger partial charge in [0.1, 0.15) is 18.5 Å². The molecule has 0 radical (unpaired) electrons. The smallest absolute Gasteiger partial charge is 0.416 e. The minimum absolute atomic E-state index is 0.0883. The topological polar surface area (TPSA) is 64.6 Å². The fourth-order valence-electron chi connectivity index (χ4n) is 2.14. The number of rotatable bonds is 3. The molecule has 7 heteroatoms. The van der Waals surface area contributed by atoms with E-state index in [9.17, 15) is 4.79 Å². The Kier molecular flexibility index (Phi) is 4.15. The highest BCUT2D eigenvalue weighted by Gasteiger charge is 2.40. The van der Waals surface area contributed by atoms with Gasteiger partial charge in [0.2, 0.25) is 5.28 Å². The first-order valence-corrected chi connectivity index (χ1v) is 6.78. The number of cyclic esters (lactones) is 1. The third-order valence-corrected chi connectivity index (χ3v) is 3.03. The Morgan fingerprint density at radius 3 is 2.85 bits per heavy atom. The highest BCUT2D eigenvalue weighted by atomic mass is 35.5. The summed E-state index contributed by atoms with van der Waals surface area (Å²) in [5.41, 5.74) is -0.306. The van der Waals surface area contributed by atoms with Crippen LogP contribution in [0.15, 0.2) is 12.3 Å². The van der Waals surface area contributed by atoms with Crippen molar-refractivity contribution in [1.82, 2.24) is 9.97 Å². The van der Waals surface area contributed by atoms with Crippen molar-refractivity contribution in [3.8, 4) is 0 Å². The molecule has 0 saturated carbocycles. The molecule has 1 unspecified atom stereocenters. The van der Waals surface area contributed by atoms with Crippen LogP contribution in [0.25, 0.3) is 0 Å².